The number of rotatable bonds is 2. The lowest BCUT2D eigenvalue weighted by Gasteiger charge is -2.13. The molecule has 2 aromatic carbocycles. The van der Waals surface area contributed by atoms with Crippen molar-refractivity contribution >= 4 is 27.0 Å². The molecule has 3 aromatic rings. The lowest BCUT2D eigenvalue weighted by molar-refractivity contribution is 0.219. The molecule has 1 unspecified atom stereocenters. The minimum atomic E-state index is -0.983. The van der Waals surface area contributed by atoms with E-state index in [0.29, 0.717) is 26.6 Å². The first-order valence-electron chi connectivity index (χ1n) is 5.89. The molecule has 1 aromatic heterocycles. The van der Waals surface area contributed by atoms with Gasteiger partial charge in [-0.05, 0) is 29.8 Å². The first-order valence-corrected chi connectivity index (χ1v) is 6.69. The number of imidazole rings is 1. The number of H-pyrrole nitrogens is 2. The van der Waals surface area contributed by atoms with Crippen molar-refractivity contribution in [2.45, 2.75) is 6.10 Å². The van der Waals surface area contributed by atoms with Gasteiger partial charge in [0, 0.05) is 10.0 Å². The number of benzene rings is 2. The predicted octanol–water partition coefficient (Wildman–Crippen LogP) is 2.84. The highest BCUT2D eigenvalue weighted by Crippen LogP contribution is 2.31. The van der Waals surface area contributed by atoms with Gasteiger partial charge in [0.1, 0.15) is 11.9 Å². The number of fused-ring (bicyclic) bond motifs is 1. The molecule has 1 heterocycles. The van der Waals surface area contributed by atoms with Crippen LogP contribution >= 0.6 is 15.9 Å². The normalized spacial score (nSPS) is 12.8. The standard InChI is InChI=1S/C14H10BrFN2O2/c15-10-6-12-11(17-14(20)18-12)5-9(10)13(19)7-2-1-3-8(16)4-7/h1-6,13,19H,(H2,17,18,20). The highest BCUT2D eigenvalue weighted by molar-refractivity contribution is 9.10. The van der Waals surface area contributed by atoms with Gasteiger partial charge < -0.3 is 15.1 Å². The molecule has 0 saturated heterocycles. The molecule has 0 fully saturated rings. The molecule has 0 amide bonds. The van der Waals surface area contributed by atoms with Crippen LogP contribution in [0.3, 0.4) is 0 Å². The summed E-state index contributed by atoms with van der Waals surface area (Å²) in [5.41, 5.74) is 1.91. The van der Waals surface area contributed by atoms with Crippen LogP contribution in [0.2, 0.25) is 0 Å². The average molecular weight is 337 g/mol. The molecule has 1 atom stereocenters. The Labute approximate surface area is 121 Å². The molecule has 0 spiro atoms. The number of hydrogen-bond donors (Lipinski definition) is 3. The van der Waals surface area contributed by atoms with E-state index in [1.54, 1.807) is 24.3 Å². The zero-order valence-electron chi connectivity index (χ0n) is 10.2. The molecule has 6 heteroatoms. The van der Waals surface area contributed by atoms with Gasteiger partial charge in [-0.25, -0.2) is 9.18 Å². The fourth-order valence-electron chi connectivity index (χ4n) is 2.14. The molecular weight excluding hydrogens is 327 g/mol. The summed E-state index contributed by atoms with van der Waals surface area (Å²) < 4.78 is 13.9. The van der Waals surface area contributed by atoms with E-state index < -0.39 is 11.9 Å². The number of nitrogens with one attached hydrogen (secondary N) is 2. The molecule has 4 nitrogen and oxygen atoms in total. The lowest BCUT2D eigenvalue weighted by Crippen LogP contribution is -2.01. The van der Waals surface area contributed by atoms with Crippen LogP contribution in [0.4, 0.5) is 4.39 Å². The highest BCUT2D eigenvalue weighted by Gasteiger charge is 2.16. The van der Waals surface area contributed by atoms with Gasteiger partial charge in [-0.3, -0.25) is 0 Å². The van der Waals surface area contributed by atoms with Gasteiger partial charge >= 0.3 is 5.69 Å². The number of aromatic amines is 2. The molecule has 0 radical (unpaired) electrons. The monoisotopic (exact) mass is 336 g/mol. The van der Waals surface area contributed by atoms with E-state index in [2.05, 4.69) is 25.9 Å². The Balaban J connectivity index is 2.13. The topological polar surface area (TPSA) is 68.9 Å². The molecule has 0 aliphatic carbocycles. The maximum atomic E-state index is 13.2. The number of aromatic nitrogens is 2. The third-order valence-corrected chi connectivity index (χ3v) is 3.78. The van der Waals surface area contributed by atoms with Crippen LogP contribution in [0.25, 0.3) is 11.0 Å². The van der Waals surface area contributed by atoms with E-state index in [9.17, 15) is 14.3 Å². The Kier molecular flexibility index (Phi) is 3.19. The van der Waals surface area contributed by atoms with Crippen molar-refractivity contribution < 1.29 is 9.50 Å². The maximum absolute atomic E-state index is 13.2. The number of hydrogen-bond acceptors (Lipinski definition) is 2. The van der Waals surface area contributed by atoms with Gasteiger partial charge in [0.05, 0.1) is 11.0 Å². The van der Waals surface area contributed by atoms with Crippen molar-refractivity contribution in [3.63, 3.8) is 0 Å². The van der Waals surface area contributed by atoms with Crippen molar-refractivity contribution in [3.05, 3.63) is 68.3 Å². The molecule has 3 N–H and O–H groups in total. The van der Waals surface area contributed by atoms with Crippen LogP contribution < -0.4 is 5.69 Å². The van der Waals surface area contributed by atoms with E-state index >= 15 is 0 Å². The third-order valence-electron chi connectivity index (χ3n) is 3.09. The highest BCUT2D eigenvalue weighted by atomic mass is 79.9. The molecule has 102 valence electrons. The quantitative estimate of drug-likeness (QED) is 0.673. The summed E-state index contributed by atoms with van der Waals surface area (Å²) in [6.07, 6.45) is -0.983. The van der Waals surface area contributed by atoms with Gasteiger partial charge in [0.15, 0.2) is 0 Å². The molecule has 20 heavy (non-hydrogen) atoms. The largest absolute Gasteiger partial charge is 0.384 e. The molecule has 3 rings (SSSR count). The minimum absolute atomic E-state index is 0.315. The smallest absolute Gasteiger partial charge is 0.323 e. The van der Waals surface area contributed by atoms with Gasteiger partial charge in [0.2, 0.25) is 0 Å². The molecule has 0 aliphatic heterocycles. The second-order valence-corrected chi connectivity index (χ2v) is 5.31. The van der Waals surface area contributed by atoms with Crippen LogP contribution in [0.5, 0.6) is 0 Å². The van der Waals surface area contributed by atoms with E-state index in [-0.39, 0.29) is 5.69 Å². The lowest BCUT2D eigenvalue weighted by atomic mass is 10.0. The van der Waals surface area contributed by atoms with Crippen molar-refractivity contribution in [2.75, 3.05) is 0 Å². The van der Waals surface area contributed by atoms with Gasteiger partial charge in [-0.1, -0.05) is 28.1 Å². The van der Waals surface area contributed by atoms with Crippen LogP contribution in [0.1, 0.15) is 17.2 Å². The number of aliphatic hydroxyl groups is 1. The summed E-state index contributed by atoms with van der Waals surface area (Å²) in [5.74, 6) is -0.409. The number of aliphatic hydroxyl groups excluding tert-OH is 1. The summed E-state index contributed by atoms with van der Waals surface area (Å²) in [5, 5.41) is 10.4. The summed E-state index contributed by atoms with van der Waals surface area (Å²) in [6, 6.07) is 9.14. The Morgan fingerprint density at radius 2 is 1.85 bits per heavy atom. The van der Waals surface area contributed by atoms with Crippen LogP contribution in [0, 0.1) is 5.82 Å². The van der Waals surface area contributed by atoms with E-state index in [4.69, 9.17) is 0 Å². The first-order chi connectivity index (χ1) is 9.54. The second kappa shape index (κ2) is 4.88. The predicted molar refractivity (Wildman–Crippen MR) is 77.1 cm³/mol. The summed E-state index contributed by atoms with van der Waals surface area (Å²) >= 11 is 3.35. The van der Waals surface area contributed by atoms with Crippen LogP contribution in [0.15, 0.2) is 45.7 Å². The van der Waals surface area contributed by atoms with Crippen molar-refractivity contribution in [2.24, 2.45) is 0 Å². The van der Waals surface area contributed by atoms with E-state index in [0.717, 1.165) is 0 Å². The van der Waals surface area contributed by atoms with Crippen molar-refractivity contribution in [1.82, 2.24) is 9.97 Å². The third kappa shape index (κ3) is 2.28. The minimum Gasteiger partial charge on any atom is -0.384 e. The second-order valence-electron chi connectivity index (χ2n) is 4.46. The van der Waals surface area contributed by atoms with Crippen molar-refractivity contribution in [1.29, 1.82) is 0 Å². The summed E-state index contributed by atoms with van der Waals surface area (Å²) in [7, 11) is 0. The van der Waals surface area contributed by atoms with Crippen LogP contribution in [-0.2, 0) is 0 Å². The Morgan fingerprint density at radius 1 is 1.15 bits per heavy atom. The van der Waals surface area contributed by atoms with Gasteiger partial charge in [-0.15, -0.1) is 0 Å². The molecule has 0 saturated carbocycles. The van der Waals surface area contributed by atoms with E-state index in [1.165, 1.54) is 12.1 Å². The number of halogens is 2. The fraction of sp³-hybridized carbons (Fsp3) is 0.0714. The van der Waals surface area contributed by atoms with Crippen LogP contribution in [-0.4, -0.2) is 15.1 Å². The fourth-order valence-corrected chi connectivity index (χ4v) is 2.70. The molecule has 0 bridgehead atoms. The zero-order chi connectivity index (χ0) is 14.3. The maximum Gasteiger partial charge on any atom is 0.323 e. The van der Waals surface area contributed by atoms with E-state index in [1.807, 2.05) is 0 Å². The van der Waals surface area contributed by atoms with Crippen molar-refractivity contribution in [3.8, 4) is 0 Å². The Morgan fingerprint density at radius 3 is 2.55 bits per heavy atom. The zero-order valence-corrected chi connectivity index (χ0v) is 11.7. The van der Waals surface area contributed by atoms with Gasteiger partial charge in [-0.2, -0.15) is 0 Å². The average Bonchev–Trinajstić information content (AvgIpc) is 2.76. The molecule has 0 aliphatic rings. The Hall–Kier alpha value is -1.92. The first kappa shape index (κ1) is 13.1. The Bertz CT molecular complexity index is 841. The summed E-state index contributed by atoms with van der Waals surface area (Å²) in [4.78, 5) is 16.5. The van der Waals surface area contributed by atoms with Gasteiger partial charge in [0.25, 0.3) is 0 Å². The summed E-state index contributed by atoms with van der Waals surface area (Å²) in [6.45, 7) is 0. The SMILES string of the molecule is O=c1[nH]c2cc(Br)c(C(O)c3cccc(F)c3)cc2[nH]1. The molecular formula is C14H10BrFN2O2.